The van der Waals surface area contributed by atoms with Crippen molar-refractivity contribution in [1.82, 2.24) is 0 Å². The van der Waals surface area contributed by atoms with E-state index >= 15 is 0 Å². The molecule has 0 spiro atoms. The summed E-state index contributed by atoms with van der Waals surface area (Å²) in [6, 6.07) is 2.61. The number of hydrogen-bond acceptors (Lipinski definition) is 3. The highest BCUT2D eigenvalue weighted by Gasteiger charge is 2.34. The fourth-order valence-electron chi connectivity index (χ4n) is 3.41. The van der Waals surface area contributed by atoms with Crippen LogP contribution in [0.5, 0.6) is 17.2 Å². The van der Waals surface area contributed by atoms with Gasteiger partial charge in [0.05, 0.1) is 40.0 Å². The quantitative estimate of drug-likeness (QED) is 0.761. The molecule has 0 fully saturated rings. The maximum absolute atomic E-state index is 5.64. The molecule has 0 bridgehead atoms. The van der Waals surface area contributed by atoms with Gasteiger partial charge in [-0.1, -0.05) is 0 Å². The third kappa shape index (κ3) is 2.80. The lowest BCUT2D eigenvalue weighted by molar-refractivity contribution is -0.945. The monoisotopic (exact) mass is 296 g/mol. The second kappa shape index (κ2) is 7.00. The molecule has 0 aliphatic carbocycles. The highest BCUT2D eigenvalue weighted by molar-refractivity contribution is 5.59. The van der Waals surface area contributed by atoms with Crippen molar-refractivity contribution in [1.29, 1.82) is 0 Å². The number of nitrogens with two attached hydrogens (primary N) is 1. The first-order chi connectivity index (χ1) is 10.2. The van der Waals surface area contributed by atoms with Crippen LogP contribution in [0.15, 0.2) is 6.07 Å². The molecule has 0 unspecified atom stereocenters. The molecule has 1 aliphatic rings. The maximum atomic E-state index is 5.64. The lowest BCUT2D eigenvalue weighted by Gasteiger charge is -2.31. The number of fused-ring (bicyclic) bond motifs is 1. The number of methoxy groups -OCH3 is 3. The molecule has 1 heterocycles. The molecule has 5 heteroatoms. The fourth-order valence-corrected chi connectivity index (χ4v) is 3.41. The van der Waals surface area contributed by atoms with Gasteiger partial charge >= 0.3 is 0 Å². The predicted molar refractivity (Wildman–Crippen MR) is 81.4 cm³/mol. The summed E-state index contributed by atoms with van der Waals surface area (Å²) in [5, 5.41) is 2.35. The summed E-state index contributed by atoms with van der Waals surface area (Å²) in [4.78, 5) is 1.58. The van der Waals surface area contributed by atoms with Crippen LogP contribution < -0.4 is 24.4 Å². The summed E-state index contributed by atoms with van der Waals surface area (Å²) in [5.74, 6) is 2.27. The van der Waals surface area contributed by atoms with E-state index in [4.69, 9.17) is 14.2 Å². The Hall–Kier alpha value is -1.46. The van der Waals surface area contributed by atoms with Crippen molar-refractivity contribution < 1.29 is 24.4 Å². The Kier molecular flexibility index (Phi) is 5.31. The second-order valence-electron chi connectivity index (χ2n) is 5.36. The minimum absolute atomic E-state index is 0.470. The van der Waals surface area contributed by atoms with E-state index in [1.54, 1.807) is 26.2 Å². The average molecular weight is 296 g/mol. The van der Waals surface area contributed by atoms with E-state index in [-0.39, 0.29) is 0 Å². The van der Waals surface area contributed by atoms with E-state index in [2.05, 4.69) is 25.2 Å². The predicted octanol–water partition coefficient (Wildman–Crippen LogP) is -0.245. The van der Waals surface area contributed by atoms with Crippen LogP contribution in [0, 0.1) is 0 Å². The van der Waals surface area contributed by atoms with Crippen molar-refractivity contribution in [3.05, 3.63) is 17.2 Å². The fraction of sp³-hybridized carbons (Fsp3) is 0.625. The average Bonchev–Trinajstić information content (AvgIpc) is 2.54. The smallest absolute Gasteiger partial charge is 0.203 e. The number of hydrogen-bond donors (Lipinski definition) is 2. The largest absolute Gasteiger partial charge is 0.493 e. The number of rotatable bonds is 6. The highest BCUT2D eigenvalue weighted by atomic mass is 16.5. The highest BCUT2D eigenvalue weighted by Crippen LogP contribution is 2.43. The van der Waals surface area contributed by atoms with E-state index in [0.717, 1.165) is 37.7 Å². The molecular weight excluding hydrogens is 268 g/mol. The second-order valence-corrected chi connectivity index (χ2v) is 5.36. The van der Waals surface area contributed by atoms with Gasteiger partial charge in [0.25, 0.3) is 0 Å². The van der Waals surface area contributed by atoms with Gasteiger partial charge in [0.15, 0.2) is 17.5 Å². The van der Waals surface area contributed by atoms with Crippen LogP contribution in [0.1, 0.15) is 31.0 Å². The summed E-state index contributed by atoms with van der Waals surface area (Å²) in [6.45, 7) is 8.74. The third-order valence-corrected chi connectivity index (χ3v) is 4.49. The summed E-state index contributed by atoms with van der Waals surface area (Å²) < 4.78 is 16.7. The van der Waals surface area contributed by atoms with Crippen LogP contribution in [0.4, 0.5) is 0 Å². The van der Waals surface area contributed by atoms with Crippen LogP contribution in [-0.4, -0.2) is 41.0 Å². The molecule has 0 saturated heterocycles. The van der Waals surface area contributed by atoms with Crippen LogP contribution in [0.2, 0.25) is 0 Å². The third-order valence-electron chi connectivity index (χ3n) is 4.49. The van der Waals surface area contributed by atoms with Gasteiger partial charge in [0.1, 0.15) is 13.1 Å². The Bertz CT molecular complexity index is 487. The molecule has 5 nitrogen and oxygen atoms in total. The van der Waals surface area contributed by atoms with E-state index in [0.29, 0.717) is 11.8 Å². The van der Waals surface area contributed by atoms with Gasteiger partial charge in [-0.15, -0.1) is 0 Å². The lowest BCUT2D eigenvalue weighted by atomic mass is 9.93. The molecule has 0 radical (unpaired) electrons. The van der Waals surface area contributed by atoms with Crippen molar-refractivity contribution >= 4 is 0 Å². The summed E-state index contributed by atoms with van der Waals surface area (Å²) in [6.07, 6.45) is 0. The first kappa shape index (κ1) is 15.9. The Morgan fingerprint density at radius 1 is 1.10 bits per heavy atom. The van der Waals surface area contributed by atoms with Gasteiger partial charge in [0.2, 0.25) is 5.75 Å². The van der Waals surface area contributed by atoms with Gasteiger partial charge in [0, 0.05) is 5.56 Å². The van der Waals surface area contributed by atoms with E-state index in [1.165, 1.54) is 11.1 Å². The van der Waals surface area contributed by atoms with E-state index in [1.807, 2.05) is 0 Å². The van der Waals surface area contributed by atoms with Gasteiger partial charge in [-0.05, 0) is 19.9 Å². The zero-order valence-corrected chi connectivity index (χ0v) is 13.8. The van der Waals surface area contributed by atoms with Crippen LogP contribution in [-0.2, 0) is 6.54 Å². The molecule has 2 rings (SSSR count). The molecule has 21 heavy (non-hydrogen) atoms. The number of quaternary nitrogens is 2. The number of benzene rings is 1. The molecule has 1 aromatic carbocycles. The Balaban J connectivity index is 2.58. The lowest BCUT2D eigenvalue weighted by Crippen LogP contribution is -3.14. The van der Waals surface area contributed by atoms with E-state index in [9.17, 15) is 0 Å². The molecule has 1 aliphatic heterocycles. The van der Waals surface area contributed by atoms with Crippen LogP contribution >= 0.6 is 0 Å². The molecule has 118 valence electrons. The maximum Gasteiger partial charge on any atom is 0.203 e. The van der Waals surface area contributed by atoms with Crippen LogP contribution in [0.25, 0.3) is 0 Å². The summed E-state index contributed by atoms with van der Waals surface area (Å²) in [5.41, 5.74) is 2.58. The molecule has 0 aromatic heterocycles. The Morgan fingerprint density at radius 2 is 1.76 bits per heavy atom. The van der Waals surface area contributed by atoms with Crippen molar-refractivity contribution in [2.75, 3.05) is 41.0 Å². The zero-order valence-electron chi connectivity index (χ0n) is 13.8. The van der Waals surface area contributed by atoms with Gasteiger partial charge in [-0.3, -0.25) is 0 Å². The topological polar surface area (TPSA) is 48.7 Å². The van der Waals surface area contributed by atoms with Crippen LogP contribution in [0.3, 0.4) is 0 Å². The van der Waals surface area contributed by atoms with E-state index < -0.39 is 0 Å². The molecule has 1 atom stereocenters. The van der Waals surface area contributed by atoms with Crippen molar-refractivity contribution in [3.63, 3.8) is 0 Å². The molecular formula is C16H28N2O3+2. The first-order valence-electron chi connectivity index (χ1n) is 7.69. The SMILES string of the molecule is CC[NH+](CC)[C@@H]1C[NH2+]Cc2c1cc(OC)c(OC)c2OC. The van der Waals surface area contributed by atoms with Crippen molar-refractivity contribution in [2.24, 2.45) is 0 Å². The normalized spacial score (nSPS) is 17.5. The van der Waals surface area contributed by atoms with Crippen molar-refractivity contribution in [3.8, 4) is 17.2 Å². The number of likely N-dealkylation sites (N-methyl/N-ethyl adjacent to an activating group) is 1. The molecule has 0 amide bonds. The van der Waals surface area contributed by atoms with Crippen molar-refractivity contribution in [2.45, 2.75) is 26.4 Å². The summed E-state index contributed by atoms with van der Waals surface area (Å²) >= 11 is 0. The molecule has 1 aromatic rings. The van der Waals surface area contributed by atoms with Gasteiger partial charge in [-0.25, -0.2) is 0 Å². The van der Waals surface area contributed by atoms with Gasteiger partial charge < -0.3 is 24.4 Å². The minimum atomic E-state index is 0.470. The Morgan fingerprint density at radius 3 is 2.29 bits per heavy atom. The molecule has 3 N–H and O–H groups in total. The summed E-state index contributed by atoms with van der Waals surface area (Å²) in [7, 11) is 5.04. The minimum Gasteiger partial charge on any atom is -0.493 e. The molecule has 0 saturated carbocycles. The van der Waals surface area contributed by atoms with Gasteiger partial charge in [-0.2, -0.15) is 0 Å². The number of ether oxygens (including phenoxy) is 3. The standard InChI is InChI=1S/C16H26N2O3/c1-6-18(7-2)13-10-17-9-12-11(13)8-14(19-3)16(21-5)15(12)20-4/h8,13,17H,6-7,9-10H2,1-5H3/p+2/t13-/m1/s1. The first-order valence-corrected chi connectivity index (χ1v) is 7.69. The number of nitrogens with one attached hydrogen (secondary N) is 1. The zero-order chi connectivity index (χ0) is 15.4. The Labute approximate surface area is 127 Å².